The lowest BCUT2D eigenvalue weighted by Crippen LogP contribution is -1.98. The van der Waals surface area contributed by atoms with E-state index in [0.717, 1.165) is 10.9 Å². The van der Waals surface area contributed by atoms with E-state index >= 15 is 0 Å². The van der Waals surface area contributed by atoms with Gasteiger partial charge in [0.05, 0.1) is 16.8 Å². The maximum absolute atomic E-state index is 9.12. The highest BCUT2D eigenvalue weighted by Gasteiger charge is 2.08. The summed E-state index contributed by atoms with van der Waals surface area (Å²) < 4.78 is 0. The van der Waals surface area contributed by atoms with Crippen LogP contribution in [0.4, 0.5) is 11.5 Å². The molecule has 0 unspecified atom stereocenters. The van der Waals surface area contributed by atoms with Gasteiger partial charge in [-0.1, -0.05) is 24.3 Å². The molecule has 0 aliphatic heterocycles. The summed E-state index contributed by atoms with van der Waals surface area (Å²) in [7, 11) is 0. The molecule has 3 aromatic rings. The number of hydrogen-bond donors (Lipinski definition) is 1. The van der Waals surface area contributed by atoms with Crippen molar-refractivity contribution >= 4 is 34.0 Å². The van der Waals surface area contributed by atoms with Crippen molar-refractivity contribution in [3.63, 3.8) is 0 Å². The van der Waals surface area contributed by atoms with E-state index in [1.807, 2.05) is 42.5 Å². The number of benzene rings is 2. The van der Waals surface area contributed by atoms with Crippen molar-refractivity contribution in [3.8, 4) is 6.07 Å². The zero-order valence-electron chi connectivity index (χ0n) is 10.3. The highest BCUT2D eigenvalue weighted by molar-refractivity contribution is 6.28. The van der Waals surface area contributed by atoms with Gasteiger partial charge in [0.1, 0.15) is 11.9 Å². The van der Waals surface area contributed by atoms with Gasteiger partial charge >= 0.3 is 0 Å². The van der Waals surface area contributed by atoms with Crippen LogP contribution < -0.4 is 5.32 Å². The van der Waals surface area contributed by atoms with E-state index in [2.05, 4.69) is 21.4 Å². The highest BCUT2D eigenvalue weighted by atomic mass is 35.5. The average Bonchev–Trinajstić information content (AvgIpc) is 2.47. The second kappa shape index (κ2) is 5.16. The monoisotopic (exact) mass is 280 g/mol. The molecule has 2 aromatic carbocycles. The van der Waals surface area contributed by atoms with Crippen molar-refractivity contribution in [2.24, 2.45) is 0 Å². The molecule has 5 heteroatoms. The Morgan fingerprint density at radius 3 is 2.60 bits per heavy atom. The van der Waals surface area contributed by atoms with Crippen LogP contribution in [0.25, 0.3) is 10.9 Å². The first kappa shape index (κ1) is 12.4. The predicted molar refractivity (Wildman–Crippen MR) is 79.0 cm³/mol. The summed E-state index contributed by atoms with van der Waals surface area (Å²) in [4.78, 5) is 8.38. The van der Waals surface area contributed by atoms with Crippen molar-refractivity contribution in [1.82, 2.24) is 9.97 Å². The molecule has 0 bridgehead atoms. The lowest BCUT2D eigenvalue weighted by Gasteiger charge is -2.10. The molecule has 1 aromatic heterocycles. The van der Waals surface area contributed by atoms with Crippen LogP contribution in [0.3, 0.4) is 0 Å². The number of rotatable bonds is 2. The van der Waals surface area contributed by atoms with E-state index in [1.165, 1.54) is 0 Å². The maximum atomic E-state index is 9.12. The standard InChI is InChI=1S/C15H9ClN4/c16-15-19-13-8-4-2-6-11(13)14(20-15)18-12-7-3-1-5-10(12)9-17/h1-8H,(H,18,19,20). The van der Waals surface area contributed by atoms with Crippen LogP contribution in [-0.2, 0) is 0 Å². The Morgan fingerprint density at radius 1 is 1.00 bits per heavy atom. The van der Waals surface area contributed by atoms with Crippen molar-refractivity contribution in [2.45, 2.75) is 0 Å². The van der Waals surface area contributed by atoms with Gasteiger partial charge in [-0.15, -0.1) is 0 Å². The van der Waals surface area contributed by atoms with E-state index in [4.69, 9.17) is 16.9 Å². The third kappa shape index (κ3) is 2.27. The SMILES string of the molecule is N#Cc1ccccc1Nc1nc(Cl)nc2ccccc12. The minimum atomic E-state index is 0.167. The maximum Gasteiger partial charge on any atom is 0.224 e. The zero-order valence-corrected chi connectivity index (χ0v) is 11.1. The fourth-order valence-electron chi connectivity index (χ4n) is 1.96. The summed E-state index contributed by atoms with van der Waals surface area (Å²) in [6, 6.07) is 16.9. The highest BCUT2D eigenvalue weighted by Crippen LogP contribution is 2.26. The molecule has 0 amide bonds. The number of hydrogen-bond acceptors (Lipinski definition) is 4. The quantitative estimate of drug-likeness (QED) is 0.723. The molecular weight excluding hydrogens is 272 g/mol. The van der Waals surface area contributed by atoms with Gasteiger partial charge in [-0.3, -0.25) is 0 Å². The van der Waals surface area contributed by atoms with Crippen LogP contribution in [0, 0.1) is 11.3 Å². The Morgan fingerprint density at radius 2 is 1.75 bits per heavy atom. The van der Waals surface area contributed by atoms with E-state index in [1.54, 1.807) is 6.07 Å². The normalized spacial score (nSPS) is 10.2. The molecule has 0 aliphatic carbocycles. The van der Waals surface area contributed by atoms with E-state index in [0.29, 0.717) is 17.1 Å². The zero-order chi connectivity index (χ0) is 13.9. The number of nitrogens with one attached hydrogen (secondary N) is 1. The molecular formula is C15H9ClN4. The van der Waals surface area contributed by atoms with Crippen LogP contribution in [0.2, 0.25) is 5.28 Å². The minimum Gasteiger partial charge on any atom is -0.338 e. The van der Waals surface area contributed by atoms with E-state index < -0.39 is 0 Å². The number of fused-ring (bicyclic) bond motifs is 1. The molecule has 1 heterocycles. The van der Waals surface area contributed by atoms with Crippen molar-refractivity contribution in [3.05, 3.63) is 59.4 Å². The first-order valence-electron chi connectivity index (χ1n) is 5.96. The van der Waals surface area contributed by atoms with Gasteiger partial charge in [0.15, 0.2) is 0 Å². The molecule has 3 rings (SSSR count). The third-order valence-corrected chi connectivity index (χ3v) is 3.05. The van der Waals surface area contributed by atoms with Gasteiger partial charge in [-0.2, -0.15) is 10.2 Å². The van der Waals surface area contributed by atoms with Crippen LogP contribution in [0.1, 0.15) is 5.56 Å². The number of nitriles is 1. The van der Waals surface area contributed by atoms with Gasteiger partial charge in [-0.25, -0.2) is 4.98 Å². The molecule has 4 nitrogen and oxygen atoms in total. The van der Waals surface area contributed by atoms with Crippen molar-refractivity contribution in [2.75, 3.05) is 5.32 Å². The van der Waals surface area contributed by atoms with Gasteiger partial charge in [-0.05, 0) is 35.9 Å². The van der Waals surface area contributed by atoms with Gasteiger partial charge in [0.2, 0.25) is 5.28 Å². The van der Waals surface area contributed by atoms with Crippen LogP contribution in [0.15, 0.2) is 48.5 Å². The smallest absolute Gasteiger partial charge is 0.224 e. The Hall–Kier alpha value is -2.64. The number of anilines is 2. The lowest BCUT2D eigenvalue weighted by molar-refractivity contribution is 1.22. The summed E-state index contributed by atoms with van der Waals surface area (Å²) in [5.74, 6) is 0.586. The number of halogens is 1. The molecule has 96 valence electrons. The fraction of sp³-hybridized carbons (Fsp3) is 0. The molecule has 0 saturated heterocycles. The summed E-state index contributed by atoms with van der Waals surface area (Å²) >= 11 is 5.94. The van der Waals surface area contributed by atoms with Gasteiger partial charge in [0.25, 0.3) is 0 Å². The number of aromatic nitrogens is 2. The summed E-state index contributed by atoms with van der Waals surface area (Å²) in [6.45, 7) is 0. The second-order valence-electron chi connectivity index (χ2n) is 4.14. The van der Waals surface area contributed by atoms with Crippen molar-refractivity contribution in [1.29, 1.82) is 5.26 Å². The Balaban J connectivity index is 2.14. The van der Waals surface area contributed by atoms with Crippen LogP contribution in [0.5, 0.6) is 0 Å². The largest absolute Gasteiger partial charge is 0.338 e. The predicted octanol–water partition coefficient (Wildman–Crippen LogP) is 3.90. The fourth-order valence-corrected chi connectivity index (χ4v) is 2.14. The van der Waals surface area contributed by atoms with Gasteiger partial charge < -0.3 is 5.32 Å². The average molecular weight is 281 g/mol. The first-order chi connectivity index (χ1) is 9.78. The van der Waals surface area contributed by atoms with Gasteiger partial charge in [0, 0.05) is 5.39 Å². The molecule has 0 aliphatic rings. The Labute approximate surface area is 120 Å². The Kier molecular flexibility index (Phi) is 3.20. The first-order valence-corrected chi connectivity index (χ1v) is 6.34. The molecule has 20 heavy (non-hydrogen) atoms. The summed E-state index contributed by atoms with van der Waals surface area (Å²) in [5.41, 5.74) is 1.99. The molecule has 0 spiro atoms. The van der Waals surface area contributed by atoms with Crippen LogP contribution in [-0.4, -0.2) is 9.97 Å². The van der Waals surface area contributed by atoms with Crippen LogP contribution >= 0.6 is 11.6 Å². The molecule has 0 atom stereocenters. The molecule has 0 saturated carbocycles. The minimum absolute atomic E-state index is 0.167. The van der Waals surface area contributed by atoms with E-state index in [9.17, 15) is 0 Å². The second-order valence-corrected chi connectivity index (χ2v) is 4.48. The topological polar surface area (TPSA) is 61.6 Å². The summed E-state index contributed by atoms with van der Waals surface area (Å²) in [5, 5.41) is 13.3. The Bertz CT molecular complexity index is 823. The lowest BCUT2D eigenvalue weighted by atomic mass is 10.2. The van der Waals surface area contributed by atoms with Crippen molar-refractivity contribution < 1.29 is 0 Å². The number of nitrogens with zero attached hydrogens (tertiary/aromatic N) is 3. The van der Waals surface area contributed by atoms with E-state index in [-0.39, 0.29) is 5.28 Å². The molecule has 0 radical (unpaired) electrons. The molecule has 0 fully saturated rings. The summed E-state index contributed by atoms with van der Waals surface area (Å²) in [6.07, 6.45) is 0. The third-order valence-electron chi connectivity index (χ3n) is 2.88. The number of para-hydroxylation sites is 2. The molecule has 1 N–H and O–H groups in total.